The lowest BCUT2D eigenvalue weighted by atomic mass is 10.2. The van der Waals surface area contributed by atoms with Crippen molar-refractivity contribution in [1.82, 2.24) is 4.98 Å². The molecule has 0 atom stereocenters. The Morgan fingerprint density at radius 2 is 2.27 bits per heavy atom. The van der Waals surface area contributed by atoms with Gasteiger partial charge in [-0.3, -0.25) is 4.98 Å². The number of nitriles is 1. The molecular formula is C7H4F2N2. The lowest BCUT2D eigenvalue weighted by Gasteiger charge is -1.96. The van der Waals surface area contributed by atoms with E-state index in [1.807, 2.05) is 0 Å². The summed E-state index contributed by atoms with van der Waals surface area (Å²) in [5.41, 5.74) is -0.153. The van der Waals surface area contributed by atoms with Crippen LogP contribution in [0.3, 0.4) is 0 Å². The average Bonchev–Trinajstić information content (AvgIpc) is 2.05. The van der Waals surface area contributed by atoms with Crippen LogP contribution in [0.15, 0.2) is 18.3 Å². The van der Waals surface area contributed by atoms with Gasteiger partial charge in [0.05, 0.1) is 11.6 Å². The molecule has 0 spiro atoms. The third kappa shape index (κ3) is 1.71. The number of hydrogen-bond donors (Lipinski definition) is 0. The van der Waals surface area contributed by atoms with E-state index >= 15 is 0 Å². The van der Waals surface area contributed by atoms with E-state index in [0.29, 0.717) is 0 Å². The molecule has 0 amide bonds. The van der Waals surface area contributed by atoms with Gasteiger partial charge in [0.25, 0.3) is 6.43 Å². The van der Waals surface area contributed by atoms with Crippen LogP contribution in [0.5, 0.6) is 0 Å². The molecule has 0 N–H and O–H groups in total. The van der Waals surface area contributed by atoms with Crippen molar-refractivity contribution in [2.24, 2.45) is 0 Å². The number of rotatable bonds is 1. The number of halogens is 2. The van der Waals surface area contributed by atoms with Crippen LogP contribution in [-0.2, 0) is 0 Å². The van der Waals surface area contributed by atoms with Gasteiger partial charge in [0.2, 0.25) is 0 Å². The van der Waals surface area contributed by atoms with Gasteiger partial charge in [0.15, 0.2) is 0 Å². The molecule has 0 aliphatic carbocycles. The first-order chi connectivity index (χ1) is 5.24. The maximum absolute atomic E-state index is 11.9. The smallest absolute Gasteiger partial charge is 0.255 e. The fourth-order valence-corrected chi connectivity index (χ4v) is 0.637. The Balaban J connectivity index is 3.03. The van der Waals surface area contributed by atoms with Crippen LogP contribution in [0, 0.1) is 11.3 Å². The summed E-state index contributed by atoms with van der Waals surface area (Å²) in [6.07, 6.45) is -1.41. The monoisotopic (exact) mass is 154 g/mol. The van der Waals surface area contributed by atoms with Crippen LogP contribution in [0.2, 0.25) is 0 Å². The minimum atomic E-state index is -2.61. The Morgan fingerprint density at radius 1 is 1.55 bits per heavy atom. The molecule has 0 radical (unpaired) electrons. The summed E-state index contributed by atoms with van der Waals surface area (Å²) in [4.78, 5) is 3.39. The molecule has 0 saturated carbocycles. The van der Waals surface area contributed by atoms with Crippen molar-refractivity contribution >= 4 is 0 Å². The van der Waals surface area contributed by atoms with Gasteiger partial charge in [-0.25, -0.2) is 8.78 Å². The molecule has 0 bridgehead atoms. The number of alkyl halides is 2. The predicted molar refractivity (Wildman–Crippen MR) is 33.9 cm³/mol. The Kier molecular flexibility index (Phi) is 2.12. The third-order valence-corrected chi connectivity index (χ3v) is 1.13. The first kappa shape index (κ1) is 7.61. The molecule has 1 aromatic heterocycles. The standard InChI is InChI=1S/C7H4F2N2/c8-7(9)6-3-5(4-10)1-2-11-6/h1-3,7H. The number of pyridine rings is 1. The van der Waals surface area contributed by atoms with Gasteiger partial charge in [-0.05, 0) is 12.1 Å². The van der Waals surface area contributed by atoms with Crippen LogP contribution >= 0.6 is 0 Å². The summed E-state index contributed by atoms with van der Waals surface area (Å²) in [5.74, 6) is 0. The van der Waals surface area contributed by atoms with Crippen molar-refractivity contribution in [3.8, 4) is 6.07 Å². The minimum Gasteiger partial charge on any atom is -0.255 e. The predicted octanol–water partition coefficient (Wildman–Crippen LogP) is 1.89. The molecule has 0 aromatic carbocycles. The molecule has 4 heteroatoms. The summed E-state index contributed by atoms with van der Waals surface area (Å²) in [6, 6.07) is 4.20. The highest BCUT2D eigenvalue weighted by Crippen LogP contribution is 2.15. The van der Waals surface area contributed by atoms with Gasteiger partial charge >= 0.3 is 0 Å². The Labute approximate surface area is 62.1 Å². The number of hydrogen-bond acceptors (Lipinski definition) is 2. The Morgan fingerprint density at radius 3 is 2.82 bits per heavy atom. The number of nitrogens with zero attached hydrogens (tertiary/aromatic N) is 2. The second kappa shape index (κ2) is 3.06. The average molecular weight is 154 g/mol. The Bertz CT molecular complexity index is 291. The van der Waals surface area contributed by atoms with Gasteiger partial charge < -0.3 is 0 Å². The molecule has 1 heterocycles. The Hall–Kier alpha value is -1.50. The van der Waals surface area contributed by atoms with E-state index in [1.54, 1.807) is 6.07 Å². The third-order valence-electron chi connectivity index (χ3n) is 1.13. The van der Waals surface area contributed by atoms with Gasteiger partial charge in [-0.1, -0.05) is 0 Å². The van der Waals surface area contributed by atoms with Crippen LogP contribution in [0.25, 0.3) is 0 Å². The van der Waals surface area contributed by atoms with E-state index in [0.717, 1.165) is 6.07 Å². The lowest BCUT2D eigenvalue weighted by molar-refractivity contribution is 0.146. The van der Waals surface area contributed by atoms with E-state index in [9.17, 15) is 8.78 Å². The zero-order valence-corrected chi connectivity index (χ0v) is 5.46. The van der Waals surface area contributed by atoms with Crippen LogP contribution < -0.4 is 0 Å². The van der Waals surface area contributed by atoms with Gasteiger partial charge in [-0.2, -0.15) is 5.26 Å². The summed E-state index contributed by atoms with van der Waals surface area (Å²) in [5, 5.41) is 8.32. The van der Waals surface area contributed by atoms with Gasteiger partial charge in [-0.15, -0.1) is 0 Å². The van der Waals surface area contributed by atoms with Crippen molar-refractivity contribution < 1.29 is 8.78 Å². The number of aromatic nitrogens is 1. The van der Waals surface area contributed by atoms with Gasteiger partial charge in [0, 0.05) is 6.20 Å². The molecule has 11 heavy (non-hydrogen) atoms. The molecule has 2 nitrogen and oxygen atoms in total. The molecule has 1 aromatic rings. The zero-order valence-electron chi connectivity index (χ0n) is 5.46. The maximum atomic E-state index is 11.9. The van der Waals surface area contributed by atoms with Crippen LogP contribution in [0.1, 0.15) is 17.7 Å². The minimum absolute atomic E-state index is 0.204. The van der Waals surface area contributed by atoms with E-state index < -0.39 is 6.43 Å². The summed E-state index contributed by atoms with van der Waals surface area (Å²) in [7, 11) is 0. The van der Waals surface area contributed by atoms with Crippen molar-refractivity contribution in [2.45, 2.75) is 6.43 Å². The highest BCUT2D eigenvalue weighted by Gasteiger charge is 2.07. The molecule has 0 unspecified atom stereocenters. The van der Waals surface area contributed by atoms with E-state index in [4.69, 9.17) is 5.26 Å². The summed E-state index contributed by atoms with van der Waals surface area (Å²) < 4.78 is 23.8. The lowest BCUT2D eigenvalue weighted by Crippen LogP contribution is -1.89. The molecule has 56 valence electrons. The van der Waals surface area contributed by atoms with E-state index in [2.05, 4.69) is 4.98 Å². The van der Waals surface area contributed by atoms with Crippen molar-refractivity contribution in [2.75, 3.05) is 0 Å². The molecular weight excluding hydrogens is 150 g/mol. The largest absolute Gasteiger partial charge is 0.280 e. The van der Waals surface area contributed by atoms with E-state index in [1.165, 1.54) is 12.3 Å². The molecule has 0 aliphatic heterocycles. The normalized spacial score (nSPS) is 9.64. The second-order valence-corrected chi connectivity index (χ2v) is 1.88. The maximum Gasteiger partial charge on any atom is 0.280 e. The SMILES string of the molecule is N#Cc1ccnc(C(F)F)c1. The van der Waals surface area contributed by atoms with E-state index in [-0.39, 0.29) is 11.3 Å². The molecule has 1 rings (SSSR count). The van der Waals surface area contributed by atoms with Crippen LogP contribution in [-0.4, -0.2) is 4.98 Å². The van der Waals surface area contributed by atoms with Crippen LogP contribution in [0.4, 0.5) is 8.78 Å². The first-order valence-corrected chi connectivity index (χ1v) is 2.88. The first-order valence-electron chi connectivity index (χ1n) is 2.88. The zero-order chi connectivity index (χ0) is 8.27. The molecule has 0 saturated heterocycles. The highest BCUT2D eigenvalue weighted by atomic mass is 19.3. The fourth-order valence-electron chi connectivity index (χ4n) is 0.637. The molecule has 0 aliphatic rings. The van der Waals surface area contributed by atoms with Crippen molar-refractivity contribution in [1.29, 1.82) is 5.26 Å². The quantitative estimate of drug-likeness (QED) is 0.619. The summed E-state index contributed by atoms with van der Waals surface area (Å²) >= 11 is 0. The topological polar surface area (TPSA) is 36.7 Å². The van der Waals surface area contributed by atoms with Crippen molar-refractivity contribution in [3.63, 3.8) is 0 Å². The summed E-state index contributed by atoms with van der Waals surface area (Å²) in [6.45, 7) is 0. The highest BCUT2D eigenvalue weighted by molar-refractivity contribution is 5.28. The van der Waals surface area contributed by atoms with Gasteiger partial charge in [0.1, 0.15) is 5.69 Å². The molecule has 0 fully saturated rings. The van der Waals surface area contributed by atoms with Crippen molar-refractivity contribution in [3.05, 3.63) is 29.6 Å². The second-order valence-electron chi connectivity index (χ2n) is 1.88. The fraction of sp³-hybridized carbons (Fsp3) is 0.143.